The molecule has 0 fully saturated rings. The number of hydrogen-bond donors (Lipinski definition) is 0. The normalized spacial score (nSPS) is 14.1. The Morgan fingerprint density at radius 3 is 0.607 bits per heavy atom. The van der Waals surface area contributed by atoms with E-state index >= 15 is 0 Å². The molecule has 0 aliphatic carbocycles. The molecule has 2 aromatic heterocycles. The molecule has 10 nitrogen and oxygen atoms in total. The second kappa shape index (κ2) is 31.8. The Morgan fingerprint density at radius 2 is 0.379 bits per heavy atom. The third kappa shape index (κ3) is 12.7. The molecule has 0 saturated heterocycles. The van der Waals surface area contributed by atoms with Crippen LogP contribution in [0.4, 0.5) is 68.2 Å². The second-order valence-electron chi connectivity index (χ2n) is 39.6. The van der Waals surface area contributed by atoms with Crippen molar-refractivity contribution in [2.75, 3.05) is 19.6 Å². The van der Waals surface area contributed by atoms with Gasteiger partial charge in [0.25, 0.3) is 0 Å². The fourth-order valence-electron chi connectivity index (χ4n) is 23.8. The number of rotatable bonds is 12. The predicted molar refractivity (Wildman–Crippen MR) is 574 cm³/mol. The van der Waals surface area contributed by atoms with Crippen LogP contribution in [0.25, 0.3) is 122 Å². The van der Waals surface area contributed by atoms with Crippen LogP contribution >= 0.6 is 0 Å². The lowest BCUT2D eigenvalue weighted by molar-refractivity contribution is 0.632. The largest absolute Gasteiger partial charge is 0.310 e. The van der Waals surface area contributed by atoms with E-state index in [0.717, 1.165) is 179 Å². The monoisotopic (exact) mass is 1790 g/mol. The summed E-state index contributed by atoms with van der Waals surface area (Å²) in [6.07, 6.45) is 0. The van der Waals surface area contributed by atoms with E-state index in [-0.39, 0.29) is 21.7 Å². The third-order valence-electron chi connectivity index (χ3n) is 30.6. The molecule has 0 spiro atoms. The van der Waals surface area contributed by atoms with Crippen molar-refractivity contribution in [2.24, 2.45) is 0 Å². The van der Waals surface area contributed by atoms with Gasteiger partial charge in [0.1, 0.15) is 0 Å². The van der Waals surface area contributed by atoms with Crippen molar-refractivity contribution in [1.29, 1.82) is 21.0 Å². The number of aromatic nitrogens is 2. The molecular weight excluding hydrogens is 1700 g/mol. The highest BCUT2D eigenvalue weighted by Gasteiger charge is 2.43. The van der Waals surface area contributed by atoms with Gasteiger partial charge in [-0.3, -0.25) is 0 Å². The van der Waals surface area contributed by atoms with Crippen LogP contribution < -0.4 is 19.6 Å². The zero-order chi connectivity index (χ0) is 94.9. The lowest BCUT2D eigenvalue weighted by Gasteiger charge is -2.42. The van der Waals surface area contributed by atoms with E-state index in [2.05, 4.69) is 460 Å². The van der Waals surface area contributed by atoms with Crippen LogP contribution in [-0.4, -0.2) is 9.13 Å². The summed E-state index contributed by atoms with van der Waals surface area (Å²) in [7, 11) is 0. The first-order valence-electron chi connectivity index (χ1n) is 47.9. The highest BCUT2D eigenvalue weighted by Crippen LogP contribution is 2.60. The quantitative estimate of drug-likeness (QED) is 0.119. The van der Waals surface area contributed by atoms with Gasteiger partial charge >= 0.3 is 0 Å². The van der Waals surface area contributed by atoms with Gasteiger partial charge in [-0.2, -0.15) is 21.0 Å². The minimum Gasteiger partial charge on any atom is -0.310 e. The smallest absolute Gasteiger partial charge is 0.0998 e. The molecule has 0 amide bonds. The first-order valence-corrected chi connectivity index (χ1v) is 47.9. The summed E-state index contributed by atoms with van der Waals surface area (Å²) in [6, 6.07) is 158. The van der Waals surface area contributed by atoms with Crippen molar-refractivity contribution < 1.29 is 0 Å². The number of anilines is 12. The molecule has 140 heavy (non-hydrogen) atoms. The molecule has 0 unspecified atom stereocenters. The highest BCUT2D eigenvalue weighted by molar-refractivity contribution is 6.15. The average Bonchev–Trinajstić information content (AvgIpc) is 1.35. The maximum absolute atomic E-state index is 10.9. The molecule has 21 aromatic rings. The lowest BCUT2D eigenvalue weighted by Crippen LogP contribution is -2.30. The minimum absolute atomic E-state index is 0.255. The topological polar surface area (TPSA) is 118 Å². The average molecular weight is 1790 g/mol. The summed E-state index contributed by atoms with van der Waals surface area (Å²) in [4.78, 5) is 9.81. The molecule has 10 heteroatoms. The van der Waals surface area contributed by atoms with Gasteiger partial charge in [-0.25, -0.2) is 0 Å². The molecule has 0 saturated carbocycles. The summed E-state index contributed by atoms with van der Waals surface area (Å²) in [6.45, 7) is 18.7. The van der Waals surface area contributed by atoms with E-state index in [0.29, 0.717) is 33.4 Å². The van der Waals surface area contributed by atoms with Gasteiger partial charge in [0.15, 0.2) is 0 Å². The van der Waals surface area contributed by atoms with Crippen molar-refractivity contribution in [3.05, 3.63) is 479 Å². The molecule has 0 N–H and O–H groups in total. The number of nitrogens with zero attached hydrogens (tertiary/aromatic N) is 10. The number of nitriles is 4. The van der Waals surface area contributed by atoms with E-state index in [1.807, 2.05) is 24.3 Å². The van der Waals surface area contributed by atoms with Crippen molar-refractivity contribution in [1.82, 2.24) is 9.13 Å². The van der Waals surface area contributed by atoms with Crippen molar-refractivity contribution >= 4 is 112 Å². The first kappa shape index (κ1) is 83.7. The lowest BCUT2D eigenvalue weighted by atomic mass is 9.73. The molecule has 0 atom stereocenters. The molecule has 0 radical (unpaired) electrons. The van der Waals surface area contributed by atoms with Gasteiger partial charge < -0.3 is 28.7 Å². The van der Waals surface area contributed by atoms with E-state index in [1.54, 1.807) is 36.4 Å². The van der Waals surface area contributed by atoms with Gasteiger partial charge in [-0.1, -0.05) is 274 Å². The maximum Gasteiger partial charge on any atom is 0.0998 e. The Balaban J connectivity index is 0.693. The maximum atomic E-state index is 10.9. The van der Waals surface area contributed by atoms with Crippen LogP contribution in [0.15, 0.2) is 413 Å². The Morgan fingerprint density at radius 1 is 0.179 bits per heavy atom. The Hall–Kier alpha value is -18.1. The van der Waals surface area contributed by atoms with E-state index in [4.69, 9.17) is 0 Å². The first-order chi connectivity index (χ1) is 68.3. The van der Waals surface area contributed by atoms with Crippen LogP contribution in [-0.2, 0) is 21.7 Å². The minimum atomic E-state index is -0.255. The number of fused-ring (bicyclic) bond motifs is 14. The summed E-state index contributed by atoms with van der Waals surface area (Å²) in [5, 5.41) is 47.9. The SMILES string of the molecule is CC1(C)c2ccccc2N(c2ccc3c(c2)c2cc(N4c5ccccc5C(C)(C)c5ccccc54)ccc2n3-c2ccc(-c3cc(-c4cccc(-c5c(C#N)cccc5C#N)c4)c(-c4ccc(-n5c6ccc(N7c8ccccc8C(C)(C)c8ccccc87)cc6c6cc(N7c8ccccc8C(C)(C)c8ccccc87)ccc65)cc4)cc3-c3cccc(-c4c(C#N)cccc4C#N)c3)cc2)c2ccccc21. The highest BCUT2D eigenvalue weighted by atomic mass is 15.2. The summed E-state index contributed by atoms with van der Waals surface area (Å²) >= 11 is 0. The molecule has 6 heterocycles. The summed E-state index contributed by atoms with van der Waals surface area (Å²) < 4.78 is 4.84. The molecule has 662 valence electrons. The number of benzene rings is 19. The van der Waals surface area contributed by atoms with Crippen LogP contribution in [0.1, 0.15) is 122 Å². The fourth-order valence-corrected chi connectivity index (χ4v) is 23.8. The Kier molecular flexibility index (Phi) is 19.0. The van der Waals surface area contributed by atoms with Gasteiger partial charge in [0.2, 0.25) is 0 Å². The fraction of sp³-hybridized carbons (Fsp3) is 0.0923. The van der Waals surface area contributed by atoms with E-state index < -0.39 is 0 Å². The zero-order valence-electron chi connectivity index (χ0n) is 78.7. The van der Waals surface area contributed by atoms with Gasteiger partial charge in [0, 0.05) is 88.5 Å². The second-order valence-corrected chi connectivity index (χ2v) is 39.6. The van der Waals surface area contributed by atoms with Crippen LogP contribution in [0.3, 0.4) is 0 Å². The van der Waals surface area contributed by atoms with Crippen LogP contribution in [0.2, 0.25) is 0 Å². The number of hydrogen-bond acceptors (Lipinski definition) is 8. The zero-order valence-corrected chi connectivity index (χ0v) is 78.7. The van der Waals surface area contributed by atoms with Gasteiger partial charge in [-0.05, 0) is 294 Å². The summed E-state index contributed by atoms with van der Waals surface area (Å²) in [5.41, 5.74) is 40.0. The van der Waals surface area contributed by atoms with Crippen molar-refractivity contribution in [2.45, 2.75) is 77.0 Å². The van der Waals surface area contributed by atoms with Gasteiger partial charge in [-0.15, -0.1) is 0 Å². The Labute approximate surface area is 814 Å². The van der Waals surface area contributed by atoms with Crippen LogP contribution in [0, 0.1) is 45.3 Å². The standard InChI is InChI=1S/C130H92N10/c1-127(2)105-37-9-17-45-117(105)137(118-46-18-10-38-106(118)127)93-61-65-113-101(71-93)102-72-94(138-119-47-19-11-39-107(119)128(3,4)108-40-12-20-48-120(108)138)62-66-114(102)135(113)91-57-53-81(54-58-91)97-75-100(84-30-26-32-86(70-84)126-89(79-133)35-28-36-90(126)80-134)98(76-99(97)83-29-25-31-85(69-83)125-87(77-131)33-27-34-88(125)78-132)82-55-59-92(60-56-82)136-115-67-63-95(139-121-49-21-13-41-109(121)129(5,6)110-42-14-22-50-122(110)139)73-103(115)104-74-96(64-68-116(104)136)140-123-51-23-15-43-111(123)130(7,8)112-44-16-24-52-124(112)140/h9-76H,1-8H3. The van der Waals surface area contributed by atoms with Crippen molar-refractivity contribution in [3.63, 3.8) is 0 Å². The molecule has 4 aliphatic heterocycles. The Bertz CT molecular complexity index is 7920. The van der Waals surface area contributed by atoms with Crippen LogP contribution in [0.5, 0.6) is 0 Å². The van der Waals surface area contributed by atoms with Gasteiger partial charge in [0.05, 0.1) is 114 Å². The molecule has 4 aliphatic rings. The number of para-hydroxylation sites is 8. The molecule has 19 aromatic carbocycles. The predicted octanol–water partition coefficient (Wildman–Crippen LogP) is 33.8. The molecule has 0 bridgehead atoms. The van der Waals surface area contributed by atoms with Crippen molar-refractivity contribution in [3.8, 4) is 102 Å². The van der Waals surface area contributed by atoms with E-state index in [9.17, 15) is 21.0 Å². The van der Waals surface area contributed by atoms with E-state index in [1.165, 1.54) is 44.5 Å². The summed E-state index contributed by atoms with van der Waals surface area (Å²) in [5.74, 6) is 0. The third-order valence-corrected chi connectivity index (χ3v) is 30.6. The molecule has 25 rings (SSSR count). The molecular formula is C130H92N10.